The third-order valence-corrected chi connectivity index (χ3v) is 7.67. The number of nitrogens with zero attached hydrogens (tertiary/aromatic N) is 1. The summed E-state index contributed by atoms with van der Waals surface area (Å²) in [5.74, 6) is 1.26. The van der Waals surface area contributed by atoms with E-state index in [1.807, 2.05) is 0 Å². The largest absolute Gasteiger partial charge is 0.332 e. The molecule has 0 saturated carbocycles. The molecule has 4 atom stereocenters. The summed E-state index contributed by atoms with van der Waals surface area (Å²) in [5.41, 5.74) is 2.87. The Morgan fingerprint density at radius 1 is 1.21 bits per heavy atom. The number of hydrogen-bond donors (Lipinski definition) is 1. The number of nitrogens with one attached hydrogen (secondary N) is 1. The summed E-state index contributed by atoms with van der Waals surface area (Å²) in [6.45, 7) is 0.619. The first-order valence-electron chi connectivity index (χ1n) is 10.4. The minimum Gasteiger partial charge on any atom is -0.332 e. The summed E-state index contributed by atoms with van der Waals surface area (Å²) in [4.78, 5) is 38.7. The quantitative estimate of drug-likeness (QED) is 0.743. The Labute approximate surface area is 170 Å². The average Bonchev–Trinajstić information content (AvgIpc) is 3.40. The number of carbonyl (C=O) groups is 3. The summed E-state index contributed by atoms with van der Waals surface area (Å²) in [7, 11) is 0. The molecule has 150 valence electrons. The Bertz CT molecular complexity index is 753. The van der Waals surface area contributed by atoms with E-state index in [9.17, 15) is 14.4 Å². The number of ketones is 1. The second-order valence-corrected chi connectivity index (χ2v) is 9.30. The Balaban J connectivity index is 1.33. The van der Waals surface area contributed by atoms with E-state index >= 15 is 0 Å². The van der Waals surface area contributed by atoms with Crippen LogP contribution in [0.1, 0.15) is 43.2 Å². The minimum absolute atomic E-state index is 0.0791. The normalized spacial score (nSPS) is 29.5. The number of amides is 1. The molecule has 1 amide bonds. The van der Waals surface area contributed by atoms with E-state index in [1.165, 1.54) is 22.9 Å². The highest BCUT2D eigenvalue weighted by atomic mass is 32.2. The molecule has 6 heteroatoms. The van der Waals surface area contributed by atoms with Crippen molar-refractivity contribution in [3.63, 3.8) is 0 Å². The van der Waals surface area contributed by atoms with Gasteiger partial charge in [0.15, 0.2) is 0 Å². The molecule has 2 heterocycles. The van der Waals surface area contributed by atoms with Crippen LogP contribution in [-0.4, -0.2) is 52.6 Å². The highest BCUT2D eigenvalue weighted by Crippen LogP contribution is 2.31. The lowest BCUT2D eigenvalue weighted by atomic mass is 9.81. The number of thioether (sulfide) groups is 1. The maximum absolute atomic E-state index is 12.9. The van der Waals surface area contributed by atoms with Gasteiger partial charge in [0.2, 0.25) is 5.91 Å². The summed E-state index contributed by atoms with van der Waals surface area (Å²) < 4.78 is 0. The van der Waals surface area contributed by atoms with Gasteiger partial charge in [0.25, 0.3) is 0 Å². The maximum Gasteiger partial charge on any atom is 0.241 e. The van der Waals surface area contributed by atoms with E-state index in [0.717, 1.165) is 44.8 Å². The fourth-order valence-electron chi connectivity index (χ4n) is 4.82. The third-order valence-electron chi connectivity index (χ3n) is 6.44. The van der Waals surface area contributed by atoms with Gasteiger partial charge in [-0.05, 0) is 55.6 Å². The van der Waals surface area contributed by atoms with Crippen LogP contribution >= 0.6 is 11.8 Å². The van der Waals surface area contributed by atoms with Crippen molar-refractivity contribution < 1.29 is 14.4 Å². The van der Waals surface area contributed by atoms with E-state index in [-0.39, 0.29) is 23.0 Å². The zero-order valence-electron chi connectivity index (χ0n) is 16.1. The summed E-state index contributed by atoms with van der Waals surface area (Å²) in [6, 6.07) is 7.80. The highest BCUT2D eigenvalue weighted by Gasteiger charge is 2.42. The SMILES string of the molecule is O=C[C@@H]1CCCN1C(=O)[C@H]1NCSC1C(=O)CC[C@@H]1CCc2ccccc2C1. The highest BCUT2D eigenvalue weighted by molar-refractivity contribution is 8.00. The van der Waals surface area contributed by atoms with Gasteiger partial charge in [0.05, 0.1) is 11.3 Å². The number of likely N-dealkylation sites (tertiary alicyclic amines) is 1. The van der Waals surface area contributed by atoms with E-state index < -0.39 is 6.04 Å². The van der Waals surface area contributed by atoms with Gasteiger partial charge in [-0.3, -0.25) is 14.9 Å². The molecule has 2 fully saturated rings. The van der Waals surface area contributed by atoms with Crippen molar-refractivity contribution in [2.45, 2.75) is 62.3 Å². The molecule has 0 bridgehead atoms. The standard InChI is InChI=1S/C22H28N2O3S/c25-13-18-6-3-11-24(18)22(27)20-21(28-14-23-20)19(26)10-8-15-7-9-16-4-1-2-5-17(16)12-15/h1-2,4-5,13,15,18,20-21,23H,3,6-12,14H2/t15-,18-,20-,21?/m0/s1. The molecule has 2 saturated heterocycles. The van der Waals surface area contributed by atoms with E-state index in [0.29, 0.717) is 24.8 Å². The topological polar surface area (TPSA) is 66.5 Å². The number of fused-ring (bicyclic) bond motifs is 1. The van der Waals surface area contributed by atoms with E-state index in [2.05, 4.69) is 29.6 Å². The van der Waals surface area contributed by atoms with Gasteiger partial charge in [0, 0.05) is 18.8 Å². The molecular formula is C22H28N2O3S. The van der Waals surface area contributed by atoms with Crippen LogP contribution in [0.4, 0.5) is 0 Å². The zero-order valence-corrected chi connectivity index (χ0v) is 17.0. The lowest BCUT2D eigenvalue weighted by Gasteiger charge is -2.27. The minimum atomic E-state index is -0.481. The lowest BCUT2D eigenvalue weighted by molar-refractivity contribution is -0.137. The fraction of sp³-hybridized carbons (Fsp3) is 0.591. The first-order valence-corrected chi connectivity index (χ1v) is 11.4. The number of aryl methyl sites for hydroxylation is 1. The van der Waals surface area contributed by atoms with Gasteiger partial charge in [-0.2, -0.15) is 0 Å². The van der Waals surface area contributed by atoms with Crippen molar-refractivity contribution in [1.82, 2.24) is 10.2 Å². The van der Waals surface area contributed by atoms with Crippen molar-refractivity contribution in [3.8, 4) is 0 Å². The van der Waals surface area contributed by atoms with Crippen molar-refractivity contribution >= 4 is 29.7 Å². The number of benzene rings is 1. The Kier molecular flexibility index (Phi) is 6.16. The molecule has 1 aromatic carbocycles. The Morgan fingerprint density at radius 3 is 2.86 bits per heavy atom. The molecule has 2 aliphatic heterocycles. The molecule has 28 heavy (non-hydrogen) atoms. The van der Waals surface area contributed by atoms with Crippen molar-refractivity contribution in [2.24, 2.45) is 5.92 Å². The van der Waals surface area contributed by atoms with E-state index in [4.69, 9.17) is 0 Å². The van der Waals surface area contributed by atoms with Gasteiger partial charge < -0.3 is 9.69 Å². The molecule has 3 aliphatic rings. The van der Waals surface area contributed by atoms with Crippen LogP contribution < -0.4 is 5.32 Å². The number of carbonyl (C=O) groups excluding carboxylic acids is 3. The predicted molar refractivity (Wildman–Crippen MR) is 110 cm³/mol. The van der Waals surface area contributed by atoms with Crippen LogP contribution in [0, 0.1) is 5.92 Å². The summed E-state index contributed by atoms with van der Waals surface area (Å²) >= 11 is 1.53. The fourth-order valence-corrected chi connectivity index (χ4v) is 5.99. The van der Waals surface area contributed by atoms with Crippen molar-refractivity contribution in [2.75, 3.05) is 12.4 Å². The molecule has 0 radical (unpaired) electrons. The Morgan fingerprint density at radius 2 is 2.04 bits per heavy atom. The summed E-state index contributed by atoms with van der Waals surface area (Å²) in [6.07, 6.45) is 7.17. The zero-order chi connectivity index (χ0) is 19.5. The first-order chi connectivity index (χ1) is 13.7. The third kappa shape index (κ3) is 4.03. The molecule has 5 nitrogen and oxygen atoms in total. The van der Waals surface area contributed by atoms with Gasteiger partial charge in [-0.1, -0.05) is 24.3 Å². The van der Waals surface area contributed by atoms with Crippen LogP contribution in [0.2, 0.25) is 0 Å². The molecule has 1 unspecified atom stereocenters. The van der Waals surface area contributed by atoms with Crippen LogP contribution in [0.5, 0.6) is 0 Å². The Hall–Kier alpha value is -1.66. The average molecular weight is 401 g/mol. The van der Waals surface area contributed by atoms with Crippen LogP contribution in [0.15, 0.2) is 24.3 Å². The first kappa shape index (κ1) is 19.6. The maximum atomic E-state index is 12.9. The smallest absolute Gasteiger partial charge is 0.241 e. The molecular weight excluding hydrogens is 372 g/mol. The molecule has 1 aliphatic carbocycles. The predicted octanol–water partition coefficient (Wildman–Crippen LogP) is 2.36. The van der Waals surface area contributed by atoms with Gasteiger partial charge in [-0.15, -0.1) is 11.8 Å². The second-order valence-electron chi connectivity index (χ2n) is 8.17. The number of rotatable bonds is 6. The lowest BCUT2D eigenvalue weighted by Crippen LogP contribution is -2.51. The van der Waals surface area contributed by atoms with Gasteiger partial charge in [0.1, 0.15) is 18.1 Å². The second kappa shape index (κ2) is 8.78. The number of Topliss-reactive ketones (excluding diaryl/α,β-unsaturated/α-hetero) is 1. The van der Waals surface area contributed by atoms with Crippen LogP contribution in [0.3, 0.4) is 0 Å². The van der Waals surface area contributed by atoms with Gasteiger partial charge in [-0.25, -0.2) is 0 Å². The number of hydrogen-bond acceptors (Lipinski definition) is 5. The molecule has 0 aromatic heterocycles. The molecule has 4 rings (SSSR count). The van der Waals surface area contributed by atoms with E-state index in [1.54, 1.807) is 4.90 Å². The monoisotopic (exact) mass is 400 g/mol. The summed E-state index contributed by atoms with van der Waals surface area (Å²) in [5, 5.41) is 2.87. The van der Waals surface area contributed by atoms with Crippen LogP contribution in [-0.2, 0) is 27.2 Å². The molecule has 1 N–H and O–H groups in total. The van der Waals surface area contributed by atoms with Crippen molar-refractivity contribution in [1.29, 1.82) is 0 Å². The molecule has 0 spiro atoms. The van der Waals surface area contributed by atoms with Crippen molar-refractivity contribution in [3.05, 3.63) is 35.4 Å². The number of aldehydes is 1. The van der Waals surface area contributed by atoms with Gasteiger partial charge >= 0.3 is 0 Å². The van der Waals surface area contributed by atoms with Crippen LogP contribution in [0.25, 0.3) is 0 Å². The molecule has 1 aromatic rings.